The van der Waals surface area contributed by atoms with Crippen molar-refractivity contribution in [3.63, 3.8) is 0 Å². The minimum atomic E-state index is -0.0144. The predicted molar refractivity (Wildman–Crippen MR) is 60.7 cm³/mol. The van der Waals surface area contributed by atoms with Crippen molar-refractivity contribution in [2.24, 2.45) is 0 Å². The maximum Gasteiger partial charge on any atom is 0.159 e. The Labute approximate surface area is 90.1 Å². The first-order chi connectivity index (χ1) is 6.86. The summed E-state index contributed by atoms with van der Waals surface area (Å²) in [5.41, 5.74) is 2.07. The SMILES string of the molecule is CC(=O)c1ccc([N+](C)(C)C)c(C#N)c1. The average Bonchev–Trinajstić information content (AvgIpc) is 2.15. The van der Waals surface area contributed by atoms with E-state index in [0.717, 1.165) is 5.69 Å². The molecule has 1 aromatic rings. The number of hydrogen-bond acceptors (Lipinski definition) is 2. The Bertz CT molecular complexity index is 436. The van der Waals surface area contributed by atoms with Crippen LogP contribution in [0.15, 0.2) is 18.2 Å². The first-order valence-electron chi connectivity index (χ1n) is 4.73. The minimum absolute atomic E-state index is 0.0144. The average molecular weight is 203 g/mol. The maximum atomic E-state index is 11.2. The molecular weight excluding hydrogens is 188 g/mol. The van der Waals surface area contributed by atoms with E-state index in [1.165, 1.54) is 6.92 Å². The van der Waals surface area contributed by atoms with Gasteiger partial charge in [0.1, 0.15) is 17.3 Å². The zero-order valence-corrected chi connectivity index (χ0v) is 9.53. The second kappa shape index (κ2) is 3.84. The molecule has 0 atom stereocenters. The summed E-state index contributed by atoms with van der Waals surface area (Å²) in [5, 5.41) is 9.02. The molecule has 0 fully saturated rings. The van der Waals surface area contributed by atoms with E-state index in [-0.39, 0.29) is 5.78 Å². The number of benzene rings is 1. The lowest BCUT2D eigenvalue weighted by Gasteiger charge is -2.24. The van der Waals surface area contributed by atoms with Crippen LogP contribution in [0.25, 0.3) is 0 Å². The molecule has 0 bridgehead atoms. The van der Waals surface area contributed by atoms with Crippen molar-refractivity contribution >= 4 is 11.5 Å². The van der Waals surface area contributed by atoms with E-state index in [1.807, 2.05) is 27.2 Å². The Morgan fingerprint density at radius 1 is 1.33 bits per heavy atom. The molecule has 0 aliphatic rings. The number of rotatable bonds is 2. The van der Waals surface area contributed by atoms with E-state index in [2.05, 4.69) is 6.07 Å². The number of hydrogen-bond donors (Lipinski definition) is 0. The third kappa shape index (κ3) is 2.42. The Morgan fingerprint density at radius 2 is 1.93 bits per heavy atom. The third-order valence-electron chi connectivity index (χ3n) is 2.25. The maximum absolute atomic E-state index is 11.2. The molecule has 0 aliphatic heterocycles. The van der Waals surface area contributed by atoms with Gasteiger partial charge in [-0.05, 0) is 19.1 Å². The van der Waals surface area contributed by atoms with Crippen LogP contribution >= 0.6 is 0 Å². The lowest BCUT2D eigenvalue weighted by atomic mass is 10.1. The summed E-state index contributed by atoms with van der Waals surface area (Å²) in [6.07, 6.45) is 0. The van der Waals surface area contributed by atoms with E-state index < -0.39 is 0 Å². The summed E-state index contributed by atoms with van der Waals surface area (Å²) in [5.74, 6) is -0.0144. The van der Waals surface area contributed by atoms with E-state index in [4.69, 9.17) is 5.26 Å². The second-order valence-corrected chi connectivity index (χ2v) is 4.41. The lowest BCUT2D eigenvalue weighted by Crippen LogP contribution is -2.35. The molecule has 0 aromatic heterocycles. The van der Waals surface area contributed by atoms with Crippen molar-refractivity contribution < 1.29 is 4.79 Å². The summed E-state index contributed by atoms with van der Waals surface area (Å²) in [7, 11) is 5.97. The number of quaternary nitrogens is 1. The number of ketones is 1. The number of nitrogens with zero attached hydrogens (tertiary/aromatic N) is 2. The Balaban J connectivity index is 3.36. The van der Waals surface area contributed by atoms with Crippen molar-refractivity contribution in [2.75, 3.05) is 21.1 Å². The lowest BCUT2D eigenvalue weighted by molar-refractivity contribution is 0.101. The Morgan fingerprint density at radius 3 is 2.33 bits per heavy atom. The normalized spacial score (nSPS) is 10.9. The summed E-state index contributed by atoms with van der Waals surface area (Å²) in [6, 6.07) is 7.39. The van der Waals surface area contributed by atoms with Gasteiger partial charge in [0.15, 0.2) is 5.78 Å². The fourth-order valence-electron chi connectivity index (χ4n) is 1.43. The molecule has 0 radical (unpaired) electrons. The number of nitriles is 1. The molecule has 3 heteroatoms. The van der Waals surface area contributed by atoms with Crippen molar-refractivity contribution in [3.05, 3.63) is 29.3 Å². The molecule has 0 N–H and O–H groups in total. The van der Waals surface area contributed by atoms with E-state index >= 15 is 0 Å². The van der Waals surface area contributed by atoms with Crippen LogP contribution in [0.2, 0.25) is 0 Å². The fourth-order valence-corrected chi connectivity index (χ4v) is 1.43. The zero-order valence-electron chi connectivity index (χ0n) is 9.53. The molecule has 0 heterocycles. The second-order valence-electron chi connectivity index (χ2n) is 4.41. The van der Waals surface area contributed by atoms with Crippen molar-refractivity contribution in [1.29, 1.82) is 5.26 Å². The van der Waals surface area contributed by atoms with Crippen LogP contribution in [-0.4, -0.2) is 26.9 Å². The topological polar surface area (TPSA) is 40.9 Å². The van der Waals surface area contributed by atoms with Crippen LogP contribution in [0.3, 0.4) is 0 Å². The molecule has 0 unspecified atom stereocenters. The van der Waals surface area contributed by atoms with Gasteiger partial charge < -0.3 is 0 Å². The van der Waals surface area contributed by atoms with Gasteiger partial charge in [-0.2, -0.15) is 5.26 Å². The van der Waals surface area contributed by atoms with Crippen molar-refractivity contribution in [1.82, 2.24) is 4.48 Å². The van der Waals surface area contributed by atoms with Crippen molar-refractivity contribution in [3.8, 4) is 6.07 Å². The Kier molecular flexibility index (Phi) is 2.92. The summed E-state index contributed by atoms with van der Waals surface area (Å²) in [6.45, 7) is 1.50. The highest BCUT2D eigenvalue weighted by Crippen LogP contribution is 2.23. The standard InChI is InChI=1S/C12H15N2O/c1-9(15)10-5-6-12(14(2,3)4)11(7-10)8-13/h5-7H,1-4H3/q+1. The van der Waals surface area contributed by atoms with E-state index in [1.54, 1.807) is 12.1 Å². The van der Waals surface area contributed by atoms with Gasteiger partial charge in [0.25, 0.3) is 0 Å². The molecule has 0 saturated carbocycles. The number of carbonyl (C=O) groups is 1. The monoisotopic (exact) mass is 203 g/mol. The third-order valence-corrected chi connectivity index (χ3v) is 2.25. The first-order valence-corrected chi connectivity index (χ1v) is 4.73. The molecule has 78 valence electrons. The highest BCUT2D eigenvalue weighted by atomic mass is 16.1. The predicted octanol–water partition coefficient (Wildman–Crippen LogP) is 1.96. The first kappa shape index (κ1) is 11.4. The van der Waals surface area contributed by atoms with Crippen LogP contribution < -0.4 is 4.48 Å². The van der Waals surface area contributed by atoms with Crippen LogP contribution in [0.4, 0.5) is 5.69 Å². The molecule has 3 nitrogen and oxygen atoms in total. The summed E-state index contributed by atoms with van der Waals surface area (Å²) in [4.78, 5) is 11.2. The van der Waals surface area contributed by atoms with Gasteiger partial charge in [-0.1, -0.05) is 0 Å². The molecular formula is C12H15N2O+. The quantitative estimate of drug-likeness (QED) is 0.544. The molecule has 1 rings (SSSR count). The molecule has 0 aliphatic carbocycles. The van der Waals surface area contributed by atoms with Crippen LogP contribution in [0.1, 0.15) is 22.8 Å². The van der Waals surface area contributed by atoms with Gasteiger partial charge >= 0.3 is 0 Å². The molecule has 15 heavy (non-hydrogen) atoms. The highest BCUT2D eigenvalue weighted by Gasteiger charge is 2.18. The Hall–Kier alpha value is -1.66. The number of Topliss-reactive ketones (excluding diaryl/α,β-unsaturated/α-hetero) is 1. The minimum Gasteiger partial charge on any atom is -0.297 e. The highest BCUT2D eigenvalue weighted by molar-refractivity contribution is 5.95. The smallest absolute Gasteiger partial charge is 0.159 e. The largest absolute Gasteiger partial charge is 0.297 e. The van der Waals surface area contributed by atoms with Crippen LogP contribution in [-0.2, 0) is 0 Å². The van der Waals surface area contributed by atoms with Crippen molar-refractivity contribution in [2.45, 2.75) is 6.92 Å². The molecule has 1 aromatic carbocycles. The van der Waals surface area contributed by atoms with Gasteiger partial charge in [-0.15, -0.1) is 0 Å². The van der Waals surface area contributed by atoms with Gasteiger partial charge in [-0.25, -0.2) is 0 Å². The summed E-state index contributed by atoms with van der Waals surface area (Å²) < 4.78 is 0.571. The van der Waals surface area contributed by atoms with E-state index in [0.29, 0.717) is 15.6 Å². The molecule has 0 amide bonds. The van der Waals surface area contributed by atoms with Crippen LogP contribution in [0.5, 0.6) is 0 Å². The molecule has 0 spiro atoms. The van der Waals surface area contributed by atoms with Crippen LogP contribution in [0, 0.1) is 11.3 Å². The van der Waals surface area contributed by atoms with Gasteiger partial charge in [0.05, 0.1) is 21.1 Å². The van der Waals surface area contributed by atoms with Gasteiger partial charge in [-0.3, -0.25) is 9.28 Å². The zero-order chi connectivity index (χ0) is 11.6. The summed E-state index contributed by atoms with van der Waals surface area (Å²) >= 11 is 0. The van der Waals surface area contributed by atoms with Gasteiger partial charge in [0, 0.05) is 11.6 Å². The van der Waals surface area contributed by atoms with E-state index in [9.17, 15) is 4.79 Å². The fraction of sp³-hybridized carbons (Fsp3) is 0.333. The number of carbonyl (C=O) groups excluding carboxylic acids is 1. The molecule has 0 saturated heterocycles. The van der Waals surface area contributed by atoms with Gasteiger partial charge in [0.2, 0.25) is 0 Å².